The molecule has 1 spiro atoms. The van der Waals surface area contributed by atoms with E-state index in [4.69, 9.17) is 4.74 Å². The van der Waals surface area contributed by atoms with Crippen LogP contribution in [0.25, 0.3) is 0 Å². The molecule has 20 heavy (non-hydrogen) atoms. The van der Waals surface area contributed by atoms with Crippen molar-refractivity contribution in [3.05, 3.63) is 0 Å². The SMILES string of the molecule is CC(C)(C)OC(=O)NCC1(C(=O)O)CCC2(CC2)CC1. The predicted molar refractivity (Wildman–Crippen MR) is 74.4 cm³/mol. The van der Waals surface area contributed by atoms with Crippen molar-refractivity contribution >= 4 is 12.1 Å². The molecule has 5 nitrogen and oxygen atoms in total. The molecule has 2 rings (SSSR count). The fourth-order valence-electron chi connectivity index (χ4n) is 2.96. The van der Waals surface area contributed by atoms with Crippen molar-refractivity contribution in [2.75, 3.05) is 6.54 Å². The van der Waals surface area contributed by atoms with Gasteiger partial charge in [0.25, 0.3) is 0 Å². The van der Waals surface area contributed by atoms with Crippen molar-refractivity contribution in [2.45, 2.75) is 64.9 Å². The quantitative estimate of drug-likeness (QED) is 0.835. The van der Waals surface area contributed by atoms with Crippen LogP contribution in [-0.2, 0) is 9.53 Å². The first-order chi connectivity index (χ1) is 9.17. The van der Waals surface area contributed by atoms with E-state index in [1.807, 2.05) is 0 Å². The molecular weight excluding hydrogens is 258 g/mol. The fourth-order valence-corrected chi connectivity index (χ4v) is 2.96. The summed E-state index contributed by atoms with van der Waals surface area (Å²) in [5.74, 6) is -0.802. The average Bonchev–Trinajstić information content (AvgIpc) is 3.06. The summed E-state index contributed by atoms with van der Waals surface area (Å²) in [5.41, 5.74) is -0.944. The highest BCUT2D eigenvalue weighted by molar-refractivity contribution is 5.76. The second kappa shape index (κ2) is 4.93. The Hall–Kier alpha value is -1.26. The van der Waals surface area contributed by atoms with Crippen molar-refractivity contribution in [1.82, 2.24) is 5.32 Å². The number of ether oxygens (including phenoxy) is 1. The third-order valence-electron chi connectivity index (χ3n) is 4.65. The summed E-state index contributed by atoms with van der Waals surface area (Å²) in [6.45, 7) is 5.53. The van der Waals surface area contributed by atoms with E-state index in [1.54, 1.807) is 20.8 Å². The Morgan fingerprint density at radius 1 is 1.10 bits per heavy atom. The van der Waals surface area contributed by atoms with Crippen LogP contribution in [0.4, 0.5) is 4.79 Å². The second-order valence-electron chi connectivity index (χ2n) is 7.44. The van der Waals surface area contributed by atoms with Crippen molar-refractivity contribution in [2.24, 2.45) is 10.8 Å². The van der Waals surface area contributed by atoms with Crippen molar-refractivity contribution in [1.29, 1.82) is 0 Å². The van der Waals surface area contributed by atoms with Crippen LogP contribution in [0.3, 0.4) is 0 Å². The number of aliphatic carboxylic acids is 1. The first kappa shape index (κ1) is 15.1. The lowest BCUT2D eigenvalue weighted by molar-refractivity contribution is -0.151. The molecule has 5 heteroatoms. The number of carboxylic acid groups (broad SMARTS) is 1. The number of carbonyl (C=O) groups excluding carboxylic acids is 1. The molecule has 0 aliphatic heterocycles. The Kier molecular flexibility index (Phi) is 3.73. The highest BCUT2D eigenvalue weighted by atomic mass is 16.6. The van der Waals surface area contributed by atoms with Crippen LogP contribution in [0.2, 0.25) is 0 Å². The summed E-state index contributed by atoms with van der Waals surface area (Å²) in [6, 6.07) is 0. The van der Waals surface area contributed by atoms with E-state index in [9.17, 15) is 14.7 Å². The molecule has 0 bridgehead atoms. The van der Waals surface area contributed by atoms with E-state index in [0.29, 0.717) is 18.3 Å². The van der Waals surface area contributed by atoms with Gasteiger partial charge in [-0.1, -0.05) is 0 Å². The van der Waals surface area contributed by atoms with E-state index >= 15 is 0 Å². The molecule has 0 radical (unpaired) electrons. The minimum atomic E-state index is -0.815. The van der Waals surface area contributed by atoms with Crippen LogP contribution in [0, 0.1) is 10.8 Å². The Bertz CT molecular complexity index is 397. The van der Waals surface area contributed by atoms with Crippen molar-refractivity contribution in [3.8, 4) is 0 Å². The minimum absolute atomic E-state index is 0.160. The monoisotopic (exact) mass is 283 g/mol. The third-order valence-corrected chi connectivity index (χ3v) is 4.65. The molecule has 0 atom stereocenters. The van der Waals surface area contributed by atoms with Gasteiger partial charge in [0.1, 0.15) is 5.60 Å². The lowest BCUT2D eigenvalue weighted by Crippen LogP contribution is -2.46. The first-order valence-corrected chi connectivity index (χ1v) is 7.37. The molecular formula is C15H25NO4. The molecule has 0 aromatic rings. The number of carboxylic acids is 1. The van der Waals surface area contributed by atoms with E-state index in [1.165, 1.54) is 12.8 Å². The molecule has 0 aromatic heterocycles. The summed E-state index contributed by atoms with van der Waals surface area (Å²) < 4.78 is 5.16. The van der Waals surface area contributed by atoms with Gasteiger partial charge in [-0.05, 0) is 64.7 Å². The maximum atomic E-state index is 11.7. The molecule has 2 fully saturated rings. The van der Waals surface area contributed by atoms with Gasteiger partial charge in [-0.15, -0.1) is 0 Å². The zero-order chi connectivity index (χ0) is 15.0. The topological polar surface area (TPSA) is 75.6 Å². The van der Waals surface area contributed by atoms with E-state index in [2.05, 4.69) is 5.32 Å². The van der Waals surface area contributed by atoms with Crippen molar-refractivity contribution < 1.29 is 19.4 Å². The number of alkyl carbamates (subject to hydrolysis) is 1. The van der Waals surface area contributed by atoms with Gasteiger partial charge in [-0.3, -0.25) is 4.79 Å². The summed E-state index contributed by atoms with van der Waals surface area (Å²) in [6.07, 6.45) is 5.18. The number of carbonyl (C=O) groups is 2. The highest BCUT2D eigenvalue weighted by Gasteiger charge is 2.52. The number of hydrogen-bond donors (Lipinski definition) is 2. The summed E-state index contributed by atoms with van der Waals surface area (Å²) in [4.78, 5) is 23.3. The molecule has 0 unspecified atom stereocenters. The van der Waals surface area contributed by atoms with Crippen LogP contribution < -0.4 is 5.32 Å². The predicted octanol–water partition coefficient (Wildman–Crippen LogP) is 2.94. The lowest BCUT2D eigenvalue weighted by Gasteiger charge is -2.37. The Morgan fingerprint density at radius 3 is 2.00 bits per heavy atom. The van der Waals surface area contributed by atoms with E-state index in [0.717, 1.165) is 12.8 Å². The zero-order valence-electron chi connectivity index (χ0n) is 12.6. The van der Waals surface area contributed by atoms with Gasteiger partial charge in [0.05, 0.1) is 5.41 Å². The molecule has 0 aromatic carbocycles. The average molecular weight is 283 g/mol. The molecule has 2 N–H and O–H groups in total. The molecule has 114 valence electrons. The molecule has 1 amide bonds. The van der Waals surface area contributed by atoms with Gasteiger partial charge in [-0.25, -0.2) is 4.79 Å². The van der Waals surface area contributed by atoms with Crippen LogP contribution >= 0.6 is 0 Å². The number of nitrogens with one attached hydrogen (secondary N) is 1. The Morgan fingerprint density at radius 2 is 1.60 bits per heavy atom. The molecule has 0 saturated heterocycles. The second-order valence-corrected chi connectivity index (χ2v) is 7.44. The Balaban J connectivity index is 1.90. The van der Waals surface area contributed by atoms with Gasteiger partial charge in [-0.2, -0.15) is 0 Å². The maximum absolute atomic E-state index is 11.7. The Labute approximate surface area is 120 Å². The van der Waals surface area contributed by atoms with Gasteiger partial charge < -0.3 is 15.2 Å². The maximum Gasteiger partial charge on any atom is 0.407 e. The largest absolute Gasteiger partial charge is 0.481 e. The molecule has 2 saturated carbocycles. The van der Waals surface area contributed by atoms with E-state index in [-0.39, 0.29) is 6.54 Å². The van der Waals surface area contributed by atoms with Crippen LogP contribution in [-0.4, -0.2) is 29.3 Å². The van der Waals surface area contributed by atoms with Crippen LogP contribution in [0.15, 0.2) is 0 Å². The van der Waals surface area contributed by atoms with E-state index < -0.39 is 23.1 Å². The van der Waals surface area contributed by atoms with Crippen molar-refractivity contribution in [3.63, 3.8) is 0 Å². The minimum Gasteiger partial charge on any atom is -0.481 e. The normalized spacial score (nSPS) is 23.1. The summed E-state index contributed by atoms with van der Waals surface area (Å²) >= 11 is 0. The lowest BCUT2D eigenvalue weighted by atomic mass is 9.69. The smallest absolute Gasteiger partial charge is 0.407 e. The van der Waals surface area contributed by atoms with Gasteiger partial charge in [0.15, 0.2) is 0 Å². The number of rotatable bonds is 3. The zero-order valence-corrected chi connectivity index (χ0v) is 12.6. The fraction of sp³-hybridized carbons (Fsp3) is 0.867. The van der Waals surface area contributed by atoms with Crippen LogP contribution in [0.5, 0.6) is 0 Å². The van der Waals surface area contributed by atoms with Crippen LogP contribution in [0.1, 0.15) is 59.3 Å². The van der Waals surface area contributed by atoms with Gasteiger partial charge in [0, 0.05) is 6.54 Å². The number of amides is 1. The molecule has 2 aliphatic carbocycles. The van der Waals surface area contributed by atoms with Gasteiger partial charge >= 0.3 is 12.1 Å². The first-order valence-electron chi connectivity index (χ1n) is 7.37. The standard InChI is InChI=1S/C15H25NO4/c1-13(2,3)20-12(19)16-10-15(11(17)18)8-6-14(4-5-14)7-9-15/h4-10H2,1-3H3,(H,16,19)(H,17,18). The highest BCUT2D eigenvalue weighted by Crippen LogP contribution is 2.59. The summed E-state index contributed by atoms with van der Waals surface area (Å²) in [5, 5.41) is 12.2. The summed E-state index contributed by atoms with van der Waals surface area (Å²) in [7, 11) is 0. The molecule has 2 aliphatic rings. The third kappa shape index (κ3) is 3.44. The van der Waals surface area contributed by atoms with Gasteiger partial charge in [0.2, 0.25) is 0 Å². The molecule has 0 heterocycles. The number of hydrogen-bond acceptors (Lipinski definition) is 3.